The first-order valence-corrected chi connectivity index (χ1v) is 9.92. The summed E-state index contributed by atoms with van der Waals surface area (Å²) in [6.45, 7) is 6.92. The average molecular weight is 430 g/mol. The molecular formula is C21H24BrN3O2. The lowest BCUT2D eigenvalue weighted by atomic mass is 10.1. The number of anilines is 1. The van der Waals surface area contributed by atoms with E-state index >= 15 is 0 Å². The largest absolute Gasteiger partial charge is 0.336 e. The van der Waals surface area contributed by atoms with Gasteiger partial charge in [-0.1, -0.05) is 22.0 Å². The summed E-state index contributed by atoms with van der Waals surface area (Å²) in [5, 5.41) is 0. The highest BCUT2D eigenvalue weighted by molar-refractivity contribution is 9.10. The van der Waals surface area contributed by atoms with Crippen molar-refractivity contribution in [3.8, 4) is 0 Å². The summed E-state index contributed by atoms with van der Waals surface area (Å²) < 4.78 is 1.01. The Bertz CT molecular complexity index is 839. The summed E-state index contributed by atoms with van der Waals surface area (Å²) in [6.07, 6.45) is 3.75. The third-order valence-electron chi connectivity index (χ3n) is 4.91. The van der Waals surface area contributed by atoms with E-state index in [0.29, 0.717) is 13.1 Å². The number of hydrogen-bond donors (Lipinski definition) is 0. The Hall–Kier alpha value is -2.21. The van der Waals surface area contributed by atoms with Crippen molar-refractivity contribution in [2.24, 2.45) is 5.92 Å². The van der Waals surface area contributed by atoms with E-state index in [2.05, 4.69) is 20.9 Å². The molecule has 27 heavy (non-hydrogen) atoms. The van der Waals surface area contributed by atoms with Crippen LogP contribution >= 0.6 is 15.9 Å². The van der Waals surface area contributed by atoms with Crippen molar-refractivity contribution in [1.29, 1.82) is 0 Å². The van der Waals surface area contributed by atoms with Crippen LogP contribution in [-0.2, 0) is 16.1 Å². The van der Waals surface area contributed by atoms with Crippen molar-refractivity contribution >= 4 is 33.4 Å². The Labute approximate surface area is 168 Å². The number of benzene rings is 1. The first-order chi connectivity index (χ1) is 12.9. The lowest BCUT2D eigenvalue weighted by molar-refractivity contribution is -0.138. The number of aromatic nitrogens is 1. The van der Waals surface area contributed by atoms with Crippen molar-refractivity contribution in [1.82, 2.24) is 9.88 Å². The molecule has 0 spiro atoms. The molecule has 1 aliphatic rings. The number of hydrogen-bond acceptors (Lipinski definition) is 3. The van der Waals surface area contributed by atoms with E-state index in [4.69, 9.17) is 0 Å². The van der Waals surface area contributed by atoms with E-state index < -0.39 is 0 Å². The minimum atomic E-state index is -0.319. The zero-order valence-corrected chi connectivity index (χ0v) is 17.4. The van der Waals surface area contributed by atoms with E-state index in [0.717, 1.165) is 21.3 Å². The Morgan fingerprint density at radius 1 is 1.37 bits per heavy atom. The van der Waals surface area contributed by atoms with Gasteiger partial charge in [-0.3, -0.25) is 14.6 Å². The van der Waals surface area contributed by atoms with Crippen molar-refractivity contribution in [3.05, 3.63) is 58.3 Å². The molecule has 2 amide bonds. The Balaban J connectivity index is 1.76. The number of carbonyl (C=O) groups is 2. The molecule has 1 atom stereocenters. The van der Waals surface area contributed by atoms with Gasteiger partial charge in [0, 0.05) is 48.1 Å². The third kappa shape index (κ3) is 4.38. The van der Waals surface area contributed by atoms with Crippen LogP contribution in [0.2, 0.25) is 0 Å². The van der Waals surface area contributed by atoms with Crippen LogP contribution in [0.1, 0.15) is 31.4 Å². The highest BCUT2D eigenvalue weighted by Crippen LogP contribution is 2.30. The molecule has 2 heterocycles. The molecule has 0 N–H and O–H groups in total. The standard InChI is InChI=1S/C21H24BrN3O2/c1-14(2)24(12-16-5-4-8-23-11-16)21(27)17-10-20(26)25(13-17)18-6-7-19(22)15(3)9-18/h4-9,11,14,17H,10,12-13H2,1-3H3. The lowest BCUT2D eigenvalue weighted by Gasteiger charge is -2.29. The number of rotatable bonds is 5. The van der Waals surface area contributed by atoms with Gasteiger partial charge in [0.15, 0.2) is 0 Å². The molecule has 1 aromatic heterocycles. The van der Waals surface area contributed by atoms with Gasteiger partial charge in [0.2, 0.25) is 11.8 Å². The quantitative estimate of drug-likeness (QED) is 0.722. The topological polar surface area (TPSA) is 53.5 Å². The predicted molar refractivity (Wildman–Crippen MR) is 109 cm³/mol. The summed E-state index contributed by atoms with van der Waals surface area (Å²) in [4.78, 5) is 33.4. The van der Waals surface area contributed by atoms with Crippen molar-refractivity contribution in [2.75, 3.05) is 11.4 Å². The van der Waals surface area contributed by atoms with Gasteiger partial charge >= 0.3 is 0 Å². The van der Waals surface area contributed by atoms with Crippen LogP contribution < -0.4 is 4.90 Å². The molecule has 3 rings (SSSR count). The normalized spacial score (nSPS) is 16.9. The maximum Gasteiger partial charge on any atom is 0.228 e. The molecule has 5 nitrogen and oxygen atoms in total. The zero-order chi connectivity index (χ0) is 19.6. The highest BCUT2D eigenvalue weighted by atomic mass is 79.9. The minimum Gasteiger partial charge on any atom is -0.336 e. The van der Waals surface area contributed by atoms with E-state index in [1.54, 1.807) is 17.3 Å². The molecule has 1 saturated heterocycles. The zero-order valence-electron chi connectivity index (χ0n) is 15.9. The second-order valence-corrected chi connectivity index (χ2v) is 8.11. The van der Waals surface area contributed by atoms with E-state index in [-0.39, 0.29) is 30.2 Å². The van der Waals surface area contributed by atoms with Gasteiger partial charge in [0.25, 0.3) is 0 Å². The molecule has 1 fully saturated rings. The molecule has 1 aliphatic heterocycles. The molecule has 0 bridgehead atoms. The molecule has 0 aliphatic carbocycles. The van der Waals surface area contributed by atoms with Gasteiger partial charge < -0.3 is 9.80 Å². The van der Waals surface area contributed by atoms with E-state index in [9.17, 15) is 9.59 Å². The van der Waals surface area contributed by atoms with Gasteiger partial charge in [0.1, 0.15) is 0 Å². The van der Waals surface area contributed by atoms with Crippen LogP contribution in [-0.4, -0.2) is 34.3 Å². The second-order valence-electron chi connectivity index (χ2n) is 7.26. The van der Waals surface area contributed by atoms with Crippen molar-refractivity contribution in [3.63, 3.8) is 0 Å². The van der Waals surface area contributed by atoms with Crippen LogP contribution in [0.4, 0.5) is 5.69 Å². The first-order valence-electron chi connectivity index (χ1n) is 9.12. The molecule has 1 aromatic carbocycles. The number of halogens is 1. The van der Waals surface area contributed by atoms with Crippen LogP contribution in [0, 0.1) is 12.8 Å². The average Bonchev–Trinajstić information content (AvgIpc) is 3.04. The van der Waals surface area contributed by atoms with E-state index in [1.807, 2.05) is 56.0 Å². The molecular weight excluding hydrogens is 406 g/mol. The lowest BCUT2D eigenvalue weighted by Crippen LogP contribution is -2.41. The number of nitrogens with zero attached hydrogens (tertiary/aromatic N) is 3. The predicted octanol–water partition coefficient (Wildman–Crippen LogP) is 3.94. The number of amides is 2. The summed E-state index contributed by atoms with van der Waals surface area (Å²) in [5.74, 6) is -0.292. The maximum atomic E-state index is 13.2. The fourth-order valence-electron chi connectivity index (χ4n) is 3.36. The summed E-state index contributed by atoms with van der Waals surface area (Å²) in [5.41, 5.74) is 2.90. The molecule has 142 valence electrons. The molecule has 2 aromatic rings. The Morgan fingerprint density at radius 3 is 2.78 bits per heavy atom. The molecule has 6 heteroatoms. The summed E-state index contributed by atoms with van der Waals surface area (Å²) in [7, 11) is 0. The number of aryl methyl sites for hydroxylation is 1. The molecule has 0 saturated carbocycles. The van der Waals surface area contributed by atoms with Crippen LogP contribution in [0.15, 0.2) is 47.2 Å². The fourth-order valence-corrected chi connectivity index (χ4v) is 3.60. The molecule has 0 radical (unpaired) electrons. The molecule has 1 unspecified atom stereocenters. The van der Waals surface area contributed by atoms with Crippen molar-refractivity contribution < 1.29 is 9.59 Å². The number of carbonyl (C=O) groups excluding carboxylic acids is 2. The monoisotopic (exact) mass is 429 g/mol. The highest BCUT2D eigenvalue weighted by Gasteiger charge is 2.37. The fraction of sp³-hybridized carbons (Fsp3) is 0.381. The van der Waals surface area contributed by atoms with Gasteiger partial charge in [-0.05, 0) is 56.2 Å². The summed E-state index contributed by atoms with van der Waals surface area (Å²) in [6, 6.07) is 9.72. The van der Waals surface area contributed by atoms with Gasteiger partial charge in [-0.25, -0.2) is 0 Å². The number of pyridine rings is 1. The van der Waals surface area contributed by atoms with Crippen LogP contribution in [0.25, 0.3) is 0 Å². The Kier molecular flexibility index (Phi) is 5.95. The van der Waals surface area contributed by atoms with E-state index in [1.165, 1.54) is 0 Å². The SMILES string of the molecule is Cc1cc(N2CC(C(=O)N(Cc3cccnc3)C(C)C)CC2=O)ccc1Br. The van der Waals surface area contributed by atoms with Gasteiger partial charge in [-0.15, -0.1) is 0 Å². The minimum absolute atomic E-state index is 0.000145. The Morgan fingerprint density at radius 2 is 2.15 bits per heavy atom. The van der Waals surface area contributed by atoms with Gasteiger partial charge in [0.05, 0.1) is 5.92 Å². The first kappa shape index (κ1) is 19.5. The third-order valence-corrected chi connectivity index (χ3v) is 5.80. The van der Waals surface area contributed by atoms with Crippen molar-refractivity contribution in [2.45, 2.75) is 39.8 Å². The summed E-state index contributed by atoms with van der Waals surface area (Å²) >= 11 is 3.49. The van der Waals surface area contributed by atoms with Gasteiger partial charge in [-0.2, -0.15) is 0 Å². The van der Waals surface area contributed by atoms with Crippen LogP contribution in [0.3, 0.4) is 0 Å². The van der Waals surface area contributed by atoms with Crippen LogP contribution in [0.5, 0.6) is 0 Å². The maximum absolute atomic E-state index is 13.2. The smallest absolute Gasteiger partial charge is 0.228 e. The second kappa shape index (κ2) is 8.21.